The van der Waals surface area contributed by atoms with Crippen molar-refractivity contribution in [1.82, 2.24) is 29.0 Å². The summed E-state index contributed by atoms with van der Waals surface area (Å²) in [5.41, 5.74) is 4.27. The van der Waals surface area contributed by atoms with Crippen molar-refractivity contribution in [3.8, 4) is 0 Å². The topological polar surface area (TPSA) is 51.2 Å². The van der Waals surface area contributed by atoms with E-state index < -0.39 is 0 Å². The van der Waals surface area contributed by atoms with Gasteiger partial charge in [-0.25, -0.2) is 14.5 Å². The molecule has 0 aliphatic carbocycles. The zero-order chi connectivity index (χ0) is 15.7. The van der Waals surface area contributed by atoms with Gasteiger partial charge in [0.05, 0.1) is 6.20 Å². The first-order chi connectivity index (χ1) is 10.5. The molecule has 116 valence electrons. The minimum atomic E-state index is 0.840. The number of hydrogen-bond acceptors (Lipinski definition) is 4. The molecule has 0 radical (unpaired) electrons. The number of nitrogens with zero attached hydrogens (tertiary/aromatic N) is 6. The standard InChI is InChI=1S/C16H22N6/c1-12-9-13(2)22-16(19-12)15(10-18-22)11-20(4)7-8-21-6-5-17-14(21)3/h5-6,9-10H,7-8,11H2,1-4H3. The number of rotatable bonds is 5. The van der Waals surface area contributed by atoms with Crippen LogP contribution in [-0.2, 0) is 13.1 Å². The Hall–Kier alpha value is -2.21. The third-order valence-electron chi connectivity index (χ3n) is 3.94. The van der Waals surface area contributed by atoms with Crippen LogP contribution < -0.4 is 0 Å². The number of hydrogen-bond donors (Lipinski definition) is 0. The van der Waals surface area contributed by atoms with Gasteiger partial charge in [-0.2, -0.15) is 5.10 Å². The Morgan fingerprint density at radius 2 is 2.05 bits per heavy atom. The second-order valence-corrected chi connectivity index (χ2v) is 5.85. The fourth-order valence-electron chi connectivity index (χ4n) is 2.72. The van der Waals surface area contributed by atoms with Crippen molar-refractivity contribution in [2.75, 3.05) is 13.6 Å². The lowest BCUT2D eigenvalue weighted by Gasteiger charge is -2.16. The van der Waals surface area contributed by atoms with Crippen LogP contribution >= 0.6 is 0 Å². The summed E-state index contributed by atoms with van der Waals surface area (Å²) in [7, 11) is 2.12. The average Bonchev–Trinajstić information content (AvgIpc) is 3.04. The Labute approximate surface area is 130 Å². The first-order valence-corrected chi connectivity index (χ1v) is 7.52. The van der Waals surface area contributed by atoms with Crippen molar-refractivity contribution < 1.29 is 0 Å². The maximum Gasteiger partial charge on any atom is 0.159 e. The quantitative estimate of drug-likeness (QED) is 0.723. The molecule has 0 saturated heterocycles. The summed E-state index contributed by atoms with van der Waals surface area (Å²) in [6.45, 7) is 8.85. The smallest absolute Gasteiger partial charge is 0.159 e. The van der Waals surface area contributed by atoms with Crippen molar-refractivity contribution in [1.29, 1.82) is 0 Å². The Balaban J connectivity index is 1.71. The summed E-state index contributed by atoms with van der Waals surface area (Å²) in [6.07, 6.45) is 5.79. The maximum atomic E-state index is 4.63. The second kappa shape index (κ2) is 5.88. The molecule has 0 aliphatic heterocycles. The van der Waals surface area contributed by atoms with Gasteiger partial charge in [0.25, 0.3) is 0 Å². The van der Waals surface area contributed by atoms with Gasteiger partial charge in [0.1, 0.15) is 5.82 Å². The Bertz CT molecular complexity index is 785. The van der Waals surface area contributed by atoms with Gasteiger partial charge in [-0.3, -0.25) is 0 Å². The minimum Gasteiger partial charge on any atom is -0.334 e. The molecule has 3 heterocycles. The van der Waals surface area contributed by atoms with Crippen LogP contribution in [0.3, 0.4) is 0 Å². The van der Waals surface area contributed by atoms with Crippen molar-refractivity contribution in [2.24, 2.45) is 0 Å². The number of imidazole rings is 1. The van der Waals surface area contributed by atoms with Crippen molar-refractivity contribution in [3.63, 3.8) is 0 Å². The molecule has 0 amide bonds. The lowest BCUT2D eigenvalue weighted by molar-refractivity contribution is 0.311. The first-order valence-electron chi connectivity index (χ1n) is 7.52. The molecule has 0 atom stereocenters. The van der Waals surface area contributed by atoms with E-state index >= 15 is 0 Å². The highest BCUT2D eigenvalue weighted by Gasteiger charge is 2.10. The van der Waals surface area contributed by atoms with Gasteiger partial charge in [0, 0.05) is 49.0 Å². The normalized spacial score (nSPS) is 11.7. The van der Waals surface area contributed by atoms with E-state index in [4.69, 9.17) is 0 Å². The van der Waals surface area contributed by atoms with E-state index in [-0.39, 0.29) is 0 Å². The molecule has 0 spiro atoms. The Kier molecular flexibility index (Phi) is 3.94. The molecule has 3 aromatic heterocycles. The van der Waals surface area contributed by atoms with E-state index in [1.807, 2.05) is 37.0 Å². The number of fused-ring (bicyclic) bond motifs is 1. The summed E-state index contributed by atoms with van der Waals surface area (Å²) in [5.74, 6) is 1.05. The van der Waals surface area contributed by atoms with Crippen LogP contribution in [0.4, 0.5) is 0 Å². The molecule has 0 bridgehead atoms. The monoisotopic (exact) mass is 298 g/mol. The van der Waals surface area contributed by atoms with E-state index in [0.717, 1.165) is 48.1 Å². The van der Waals surface area contributed by atoms with Crippen LogP contribution in [0.25, 0.3) is 5.65 Å². The van der Waals surface area contributed by atoms with Gasteiger partial charge in [-0.05, 0) is 33.9 Å². The first kappa shape index (κ1) is 14.7. The number of likely N-dealkylation sites (N-methyl/N-ethyl adjacent to an activating group) is 1. The highest BCUT2D eigenvalue weighted by Crippen LogP contribution is 2.13. The maximum absolute atomic E-state index is 4.63. The molecule has 22 heavy (non-hydrogen) atoms. The van der Waals surface area contributed by atoms with Crippen LogP contribution in [0.1, 0.15) is 22.8 Å². The predicted octanol–water partition coefficient (Wildman–Crippen LogP) is 1.98. The fraction of sp³-hybridized carbons (Fsp3) is 0.438. The zero-order valence-corrected chi connectivity index (χ0v) is 13.6. The summed E-state index contributed by atoms with van der Waals surface area (Å²) in [4.78, 5) is 11.2. The molecule has 0 unspecified atom stereocenters. The predicted molar refractivity (Wildman–Crippen MR) is 85.8 cm³/mol. The molecule has 0 aliphatic rings. The summed E-state index contributed by atoms with van der Waals surface area (Å²) < 4.78 is 4.08. The van der Waals surface area contributed by atoms with E-state index in [2.05, 4.69) is 44.6 Å². The molecular weight excluding hydrogens is 276 g/mol. The summed E-state index contributed by atoms with van der Waals surface area (Å²) in [6, 6.07) is 2.05. The Morgan fingerprint density at radius 3 is 2.77 bits per heavy atom. The minimum absolute atomic E-state index is 0.840. The van der Waals surface area contributed by atoms with Crippen LogP contribution in [0, 0.1) is 20.8 Å². The Morgan fingerprint density at radius 1 is 1.23 bits per heavy atom. The number of aromatic nitrogens is 5. The average molecular weight is 298 g/mol. The van der Waals surface area contributed by atoms with E-state index in [9.17, 15) is 0 Å². The molecule has 0 aromatic carbocycles. The van der Waals surface area contributed by atoms with E-state index in [1.54, 1.807) is 0 Å². The molecule has 3 aromatic rings. The van der Waals surface area contributed by atoms with Gasteiger partial charge < -0.3 is 9.47 Å². The zero-order valence-electron chi connectivity index (χ0n) is 13.6. The fourth-order valence-corrected chi connectivity index (χ4v) is 2.72. The van der Waals surface area contributed by atoms with Crippen molar-refractivity contribution in [3.05, 3.63) is 47.4 Å². The largest absolute Gasteiger partial charge is 0.334 e. The van der Waals surface area contributed by atoms with Gasteiger partial charge in [-0.1, -0.05) is 0 Å². The van der Waals surface area contributed by atoms with Gasteiger partial charge in [-0.15, -0.1) is 0 Å². The molecular formula is C16H22N6. The summed E-state index contributed by atoms with van der Waals surface area (Å²) >= 11 is 0. The molecule has 0 saturated carbocycles. The highest BCUT2D eigenvalue weighted by molar-refractivity contribution is 5.47. The third kappa shape index (κ3) is 2.87. The van der Waals surface area contributed by atoms with Gasteiger partial charge in [0.2, 0.25) is 0 Å². The van der Waals surface area contributed by atoms with Crippen molar-refractivity contribution >= 4 is 5.65 Å². The molecule has 0 N–H and O–H groups in total. The highest BCUT2D eigenvalue weighted by atomic mass is 15.3. The lowest BCUT2D eigenvalue weighted by Crippen LogP contribution is -2.23. The van der Waals surface area contributed by atoms with Crippen LogP contribution in [0.15, 0.2) is 24.7 Å². The van der Waals surface area contributed by atoms with Gasteiger partial charge in [0.15, 0.2) is 5.65 Å². The number of aryl methyl sites for hydroxylation is 3. The second-order valence-electron chi connectivity index (χ2n) is 5.85. The van der Waals surface area contributed by atoms with E-state index in [1.165, 1.54) is 0 Å². The molecule has 6 heteroatoms. The van der Waals surface area contributed by atoms with E-state index in [0.29, 0.717) is 0 Å². The lowest BCUT2D eigenvalue weighted by atomic mass is 10.3. The summed E-state index contributed by atoms with van der Waals surface area (Å²) in [5, 5.41) is 4.45. The van der Waals surface area contributed by atoms with Crippen molar-refractivity contribution in [2.45, 2.75) is 33.9 Å². The third-order valence-corrected chi connectivity index (χ3v) is 3.94. The molecule has 6 nitrogen and oxygen atoms in total. The van der Waals surface area contributed by atoms with Crippen LogP contribution in [0.5, 0.6) is 0 Å². The molecule has 0 fully saturated rings. The van der Waals surface area contributed by atoms with Crippen LogP contribution in [0.2, 0.25) is 0 Å². The SMILES string of the molecule is Cc1cc(C)n2ncc(CN(C)CCn3ccnc3C)c2n1. The van der Waals surface area contributed by atoms with Gasteiger partial charge >= 0.3 is 0 Å². The molecule has 3 rings (SSSR count). The van der Waals surface area contributed by atoms with Crippen LogP contribution in [-0.4, -0.2) is 42.6 Å².